The van der Waals surface area contributed by atoms with Gasteiger partial charge >= 0.3 is 0 Å². The number of hydrogen-bond donors (Lipinski definition) is 2. The molecular weight excluding hydrogens is 348 g/mol. The van der Waals surface area contributed by atoms with Crippen LogP contribution in [0.1, 0.15) is 5.56 Å². The maximum Gasteiger partial charge on any atom is 0.244 e. The molecule has 8 heteroatoms. The molecule has 2 N–H and O–H groups in total. The van der Waals surface area contributed by atoms with Gasteiger partial charge in [-0.3, -0.25) is 4.79 Å². The maximum absolute atomic E-state index is 12.5. The highest BCUT2D eigenvalue weighted by Gasteiger charge is 2.37. The second-order valence-electron chi connectivity index (χ2n) is 5.04. The van der Waals surface area contributed by atoms with Crippen molar-refractivity contribution in [3.05, 3.63) is 22.2 Å². The van der Waals surface area contributed by atoms with E-state index in [0.717, 1.165) is 0 Å². The van der Waals surface area contributed by atoms with Crippen molar-refractivity contribution in [2.75, 3.05) is 25.0 Å². The molecule has 0 aromatic heterocycles. The number of halogens is 1. The Morgan fingerprint density at radius 2 is 2.10 bits per heavy atom. The highest BCUT2D eigenvalue weighted by atomic mass is 79.9. The topological polar surface area (TPSA) is 86.7 Å². The standard InChI is InChI=1S/C12H13BrN2O4S/c13-9-3-10-8(2-12(17)14-10)1-11(9)20(18,19)15-4-7(5-15)6-16/h1,3,7,16H,2,4-6H2,(H,14,17). The van der Waals surface area contributed by atoms with Gasteiger partial charge in [0.2, 0.25) is 15.9 Å². The van der Waals surface area contributed by atoms with Gasteiger partial charge in [0.1, 0.15) is 0 Å². The van der Waals surface area contributed by atoms with Crippen molar-refractivity contribution in [1.82, 2.24) is 4.31 Å². The molecule has 2 heterocycles. The van der Waals surface area contributed by atoms with Crippen molar-refractivity contribution < 1.29 is 18.3 Å². The van der Waals surface area contributed by atoms with Crippen LogP contribution >= 0.6 is 15.9 Å². The van der Waals surface area contributed by atoms with Gasteiger partial charge in [-0.2, -0.15) is 4.31 Å². The number of nitrogens with one attached hydrogen (secondary N) is 1. The van der Waals surface area contributed by atoms with Crippen LogP contribution in [-0.2, 0) is 21.2 Å². The highest BCUT2D eigenvalue weighted by Crippen LogP contribution is 2.35. The van der Waals surface area contributed by atoms with Crippen molar-refractivity contribution in [3.8, 4) is 0 Å². The molecule has 0 saturated carbocycles. The summed E-state index contributed by atoms with van der Waals surface area (Å²) in [7, 11) is -3.58. The molecule has 1 amide bonds. The molecule has 1 aromatic carbocycles. The van der Waals surface area contributed by atoms with Crippen LogP contribution in [-0.4, -0.2) is 43.4 Å². The Balaban J connectivity index is 1.95. The van der Waals surface area contributed by atoms with Gasteiger partial charge in [-0.15, -0.1) is 0 Å². The Kier molecular flexibility index (Phi) is 3.36. The van der Waals surface area contributed by atoms with Crippen LogP contribution in [0, 0.1) is 5.92 Å². The normalized spacial score (nSPS) is 19.6. The van der Waals surface area contributed by atoms with E-state index in [-0.39, 0.29) is 29.7 Å². The van der Waals surface area contributed by atoms with E-state index in [4.69, 9.17) is 5.11 Å². The third kappa shape index (κ3) is 2.16. The van der Waals surface area contributed by atoms with Gasteiger partial charge in [0.25, 0.3) is 0 Å². The predicted octanol–water partition coefficient (Wildman–Crippen LogP) is 0.556. The largest absolute Gasteiger partial charge is 0.396 e. The first-order valence-electron chi connectivity index (χ1n) is 6.15. The number of amides is 1. The molecule has 0 aliphatic carbocycles. The van der Waals surface area contributed by atoms with Crippen molar-refractivity contribution in [1.29, 1.82) is 0 Å². The highest BCUT2D eigenvalue weighted by molar-refractivity contribution is 9.10. The molecule has 0 radical (unpaired) electrons. The van der Waals surface area contributed by atoms with Crippen LogP contribution in [0.15, 0.2) is 21.5 Å². The lowest BCUT2D eigenvalue weighted by Gasteiger charge is -2.37. The van der Waals surface area contributed by atoms with Crippen LogP contribution < -0.4 is 5.32 Å². The summed E-state index contributed by atoms with van der Waals surface area (Å²) < 4.78 is 26.7. The van der Waals surface area contributed by atoms with Crippen LogP contribution in [0.5, 0.6) is 0 Å². The first-order valence-corrected chi connectivity index (χ1v) is 8.38. The number of anilines is 1. The lowest BCUT2D eigenvalue weighted by molar-refractivity contribution is -0.115. The van der Waals surface area contributed by atoms with Crippen molar-refractivity contribution in [2.45, 2.75) is 11.3 Å². The van der Waals surface area contributed by atoms with E-state index >= 15 is 0 Å². The van der Waals surface area contributed by atoms with E-state index in [1.165, 1.54) is 4.31 Å². The molecule has 108 valence electrons. The quantitative estimate of drug-likeness (QED) is 0.824. The van der Waals surface area contributed by atoms with Gasteiger partial charge < -0.3 is 10.4 Å². The van der Waals surface area contributed by atoms with E-state index in [2.05, 4.69) is 21.2 Å². The zero-order valence-electron chi connectivity index (χ0n) is 10.5. The minimum absolute atomic E-state index is 0.00417. The molecule has 1 saturated heterocycles. The number of fused-ring (bicyclic) bond motifs is 1. The second-order valence-corrected chi connectivity index (χ2v) is 7.80. The van der Waals surface area contributed by atoms with Crippen LogP contribution in [0.2, 0.25) is 0 Å². The van der Waals surface area contributed by atoms with Crippen LogP contribution in [0.25, 0.3) is 0 Å². The number of nitrogens with zero attached hydrogens (tertiary/aromatic N) is 1. The predicted molar refractivity (Wildman–Crippen MR) is 75.8 cm³/mol. The Morgan fingerprint density at radius 3 is 2.75 bits per heavy atom. The summed E-state index contributed by atoms with van der Waals surface area (Å²) in [6.45, 7) is 0.662. The van der Waals surface area contributed by atoms with Gasteiger partial charge in [-0.25, -0.2) is 8.42 Å². The molecule has 3 rings (SSSR count). The number of carbonyl (C=O) groups is 1. The molecule has 6 nitrogen and oxygen atoms in total. The van der Waals surface area contributed by atoms with E-state index in [9.17, 15) is 13.2 Å². The van der Waals surface area contributed by atoms with E-state index in [1.807, 2.05) is 0 Å². The van der Waals surface area contributed by atoms with Crippen molar-refractivity contribution in [2.24, 2.45) is 5.92 Å². The van der Waals surface area contributed by atoms with Gasteiger partial charge in [-0.05, 0) is 33.6 Å². The van der Waals surface area contributed by atoms with Crippen molar-refractivity contribution >= 4 is 37.5 Å². The molecule has 20 heavy (non-hydrogen) atoms. The summed E-state index contributed by atoms with van der Waals surface area (Å²) >= 11 is 3.25. The molecule has 1 fully saturated rings. The summed E-state index contributed by atoms with van der Waals surface area (Å²) in [4.78, 5) is 11.5. The number of sulfonamides is 1. The summed E-state index contributed by atoms with van der Waals surface area (Å²) in [6.07, 6.45) is 0.199. The third-order valence-corrected chi connectivity index (χ3v) is 6.37. The Bertz CT molecular complexity index is 683. The Hall–Kier alpha value is -0.960. The molecule has 1 aromatic rings. The SMILES string of the molecule is O=C1Cc2cc(S(=O)(=O)N3CC(CO)C3)c(Br)cc2N1. The van der Waals surface area contributed by atoms with Crippen LogP contribution in [0.3, 0.4) is 0 Å². The zero-order valence-corrected chi connectivity index (χ0v) is 12.9. The fourth-order valence-electron chi connectivity index (χ4n) is 2.40. The third-order valence-electron chi connectivity index (χ3n) is 3.58. The maximum atomic E-state index is 12.5. The lowest BCUT2D eigenvalue weighted by Crippen LogP contribution is -2.51. The lowest BCUT2D eigenvalue weighted by atomic mass is 10.1. The minimum Gasteiger partial charge on any atom is -0.396 e. The zero-order chi connectivity index (χ0) is 14.5. The average Bonchev–Trinajstić information content (AvgIpc) is 2.65. The van der Waals surface area contributed by atoms with Gasteiger partial charge in [0.05, 0.1) is 11.3 Å². The van der Waals surface area contributed by atoms with Gasteiger partial charge in [-0.1, -0.05) is 0 Å². The first kappa shape index (κ1) is 14.0. The van der Waals surface area contributed by atoms with Gasteiger partial charge in [0.15, 0.2) is 0 Å². The number of carbonyl (C=O) groups excluding carboxylic acids is 1. The van der Waals surface area contributed by atoms with Crippen molar-refractivity contribution in [3.63, 3.8) is 0 Å². The van der Waals surface area contributed by atoms with Crippen LogP contribution in [0.4, 0.5) is 5.69 Å². The monoisotopic (exact) mass is 360 g/mol. The van der Waals surface area contributed by atoms with E-state index in [0.29, 0.717) is 28.8 Å². The molecule has 2 aliphatic rings. The number of aliphatic hydroxyl groups is 1. The molecule has 0 bridgehead atoms. The smallest absolute Gasteiger partial charge is 0.244 e. The molecule has 0 spiro atoms. The molecule has 0 atom stereocenters. The molecular formula is C12H13BrN2O4S. The second kappa shape index (κ2) is 4.80. The minimum atomic E-state index is -3.58. The summed E-state index contributed by atoms with van der Waals surface area (Å²) in [6, 6.07) is 3.16. The Morgan fingerprint density at radius 1 is 1.40 bits per heavy atom. The fraction of sp³-hybridized carbons (Fsp3) is 0.417. The number of aliphatic hydroxyl groups excluding tert-OH is 1. The summed E-state index contributed by atoms with van der Waals surface area (Å²) in [5.74, 6) is -0.119. The number of hydrogen-bond acceptors (Lipinski definition) is 4. The first-order chi connectivity index (χ1) is 9.41. The van der Waals surface area contributed by atoms with Gasteiger partial charge in [0, 0.05) is 35.8 Å². The fourth-order valence-corrected chi connectivity index (χ4v) is 5.04. The van der Waals surface area contributed by atoms with E-state index < -0.39 is 10.0 Å². The molecule has 0 unspecified atom stereocenters. The molecule has 2 aliphatic heterocycles. The summed E-state index contributed by atoms with van der Waals surface area (Å²) in [5.41, 5.74) is 1.34. The summed E-state index contributed by atoms with van der Waals surface area (Å²) in [5, 5.41) is 11.7. The number of benzene rings is 1. The number of rotatable bonds is 3. The average molecular weight is 361 g/mol. The van der Waals surface area contributed by atoms with E-state index in [1.54, 1.807) is 12.1 Å². The Labute approximate surface area is 125 Å².